The monoisotopic (exact) mass is 408 g/mol. The van der Waals surface area contributed by atoms with E-state index in [1.165, 1.54) is 13.1 Å². The molecule has 0 fully saturated rings. The summed E-state index contributed by atoms with van der Waals surface area (Å²) in [7, 11) is 3.13. The highest BCUT2D eigenvalue weighted by atomic mass is 16.5. The highest BCUT2D eigenvalue weighted by Gasteiger charge is 2.33. The number of pyridine rings is 1. The van der Waals surface area contributed by atoms with Crippen LogP contribution in [-0.4, -0.2) is 60.8 Å². The van der Waals surface area contributed by atoms with Crippen molar-refractivity contribution in [2.24, 2.45) is 9.98 Å². The zero-order chi connectivity index (χ0) is 21.3. The summed E-state index contributed by atoms with van der Waals surface area (Å²) in [4.78, 5) is 39.0. The lowest BCUT2D eigenvalue weighted by atomic mass is 10.1. The molecule has 154 valence electrons. The maximum Gasteiger partial charge on any atom is 0.259 e. The fourth-order valence-electron chi connectivity index (χ4n) is 3.24. The second-order valence-corrected chi connectivity index (χ2v) is 6.59. The number of anilines is 1. The van der Waals surface area contributed by atoms with E-state index in [0.29, 0.717) is 53.5 Å². The first kappa shape index (κ1) is 19.4. The van der Waals surface area contributed by atoms with Crippen LogP contribution in [0.4, 0.5) is 11.5 Å². The summed E-state index contributed by atoms with van der Waals surface area (Å²) in [5.74, 6) is 1.97. The van der Waals surface area contributed by atoms with Gasteiger partial charge in [-0.25, -0.2) is 9.98 Å². The van der Waals surface area contributed by atoms with Gasteiger partial charge in [-0.2, -0.15) is 0 Å². The summed E-state index contributed by atoms with van der Waals surface area (Å²) in [6.07, 6.45) is 1.39. The first-order valence-corrected chi connectivity index (χ1v) is 9.22. The van der Waals surface area contributed by atoms with Gasteiger partial charge in [-0.1, -0.05) is 0 Å². The number of carbonyl (C=O) groups excluding carboxylic acids is 2. The number of hydrogen-bond acceptors (Lipinski definition) is 8. The number of ether oxygens (including phenoxy) is 2. The minimum absolute atomic E-state index is 0.235. The standard InChI is InChI=1S/C20H20N6O4/c1-11(27)23-16-5-4-12(10-22-16)19(28)25-20-24-17-14(18-21-6-7-26(18)20)8-13(29-2)9-15(17)30-3/h4-5,8-10H,6-7H2,1-3H3,(H,22,23,27)(H,24,25,28). The van der Waals surface area contributed by atoms with Crippen molar-refractivity contribution in [2.45, 2.75) is 6.92 Å². The van der Waals surface area contributed by atoms with Gasteiger partial charge in [0.1, 0.15) is 28.8 Å². The van der Waals surface area contributed by atoms with Crippen LogP contribution in [0.15, 0.2) is 40.4 Å². The molecule has 10 heteroatoms. The second-order valence-electron chi connectivity index (χ2n) is 6.59. The molecule has 0 aliphatic carbocycles. The number of benzene rings is 1. The molecule has 0 unspecified atom stereocenters. The summed E-state index contributed by atoms with van der Waals surface area (Å²) in [6, 6.07) is 6.72. The first-order chi connectivity index (χ1) is 14.5. The van der Waals surface area contributed by atoms with Gasteiger partial charge in [-0.3, -0.25) is 24.8 Å². The molecule has 0 saturated carbocycles. The number of fused-ring (bicyclic) bond motifs is 3. The van der Waals surface area contributed by atoms with E-state index in [-0.39, 0.29) is 11.8 Å². The molecule has 0 bridgehead atoms. The van der Waals surface area contributed by atoms with E-state index < -0.39 is 0 Å². The number of methoxy groups -OCH3 is 2. The Morgan fingerprint density at radius 2 is 1.97 bits per heavy atom. The molecular formula is C20H20N6O4. The molecule has 2 aromatic rings. The lowest BCUT2D eigenvalue weighted by Gasteiger charge is -2.28. The Balaban J connectivity index is 1.65. The average molecular weight is 408 g/mol. The Kier molecular flexibility index (Phi) is 5.05. The first-order valence-electron chi connectivity index (χ1n) is 9.22. The minimum atomic E-state index is -0.377. The van der Waals surface area contributed by atoms with Crippen LogP contribution in [0, 0.1) is 0 Å². The third kappa shape index (κ3) is 3.54. The number of amides is 2. The van der Waals surface area contributed by atoms with Gasteiger partial charge in [0.25, 0.3) is 5.91 Å². The molecule has 0 spiro atoms. The van der Waals surface area contributed by atoms with Crippen LogP contribution in [0.1, 0.15) is 22.8 Å². The Hall–Kier alpha value is -3.95. The highest BCUT2D eigenvalue weighted by molar-refractivity contribution is 6.20. The topological polar surface area (TPSA) is 118 Å². The van der Waals surface area contributed by atoms with E-state index >= 15 is 0 Å². The Morgan fingerprint density at radius 3 is 2.63 bits per heavy atom. The van der Waals surface area contributed by atoms with Crippen molar-refractivity contribution in [1.29, 1.82) is 0 Å². The number of rotatable bonds is 4. The minimum Gasteiger partial charge on any atom is -0.497 e. The van der Waals surface area contributed by atoms with Gasteiger partial charge >= 0.3 is 0 Å². The highest BCUT2D eigenvalue weighted by Crippen LogP contribution is 2.39. The number of guanidine groups is 1. The molecule has 0 atom stereocenters. The zero-order valence-corrected chi connectivity index (χ0v) is 16.7. The van der Waals surface area contributed by atoms with Crippen molar-refractivity contribution in [3.05, 3.63) is 41.6 Å². The number of nitrogens with one attached hydrogen (secondary N) is 2. The molecule has 0 radical (unpaired) electrons. The van der Waals surface area contributed by atoms with Crippen molar-refractivity contribution in [3.8, 4) is 11.5 Å². The van der Waals surface area contributed by atoms with Crippen LogP contribution in [0.25, 0.3) is 0 Å². The van der Waals surface area contributed by atoms with Crippen molar-refractivity contribution in [1.82, 2.24) is 15.2 Å². The third-order valence-corrected chi connectivity index (χ3v) is 4.61. The Morgan fingerprint density at radius 1 is 1.13 bits per heavy atom. The normalized spacial score (nSPS) is 14.2. The van der Waals surface area contributed by atoms with Crippen molar-refractivity contribution in [3.63, 3.8) is 0 Å². The largest absolute Gasteiger partial charge is 0.497 e. The molecule has 2 aliphatic heterocycles. The van der Waals surface area contributed by atoms with E-state index in [9.17, 15) is 9.59 Å². The van der Waals surface area contributed by atoms with Gasteiger partial charge in [0.05, 0.1) is 31.9 Å². The molecule has 2 amide bonds. The van der Waals surface area contributed by atoms with E-state index in [1.54, 1.807) is 32.4 Å². The predicted octanol–water partition coefficient (Wildman–Crippen LogP) is 1.55. The third-order valence-electron chi connectivity index (χ3n) is 4.61. The maximum atomic E-state index is 12.8. The van der Waals surface area contributed by atoms with Crippen LogP contribution in [-0.2, 0) is 4.79 Å². The molecule has 2 aliphatic rings. The molecular weight excluding hydrogens is 388 g/mol. The molecule has 3 heterocycles. The average Bonchev–Trinajstić information content (AvgIpc) is 3.24. The Bertz CT molecular complexity index is 1080. The summed E-state index contributed by atoms with van der Waals surface area (Å²) < 4.78 is 10.8. The van der Waals surface area contributed by atoms with Gasteiger partial charge < -0.3 is 14.8 Å². The van der Waals surface area contributed by atoms with Crippen LogP contribution < -0.4 is 20.1 Å². The van der Waals surface area contributed by atoms with Gasteiger partial charge in [0, 0.05) is 25.7 Å². The molecule has 0 saturated heterocycles. The fourth-order valence-corrected chi connectivity index (χ4v) is 3.24. The van der Waals surface area contributed by atoms with E-state index in [2.05, 4.69) is 25.6 Å². The lowest BCUT2D eigenvalue weighted by Crippen LogP contribution is -2.47. The lowest BCUT2D eigenvalue weighted by molar-refractivity contribution is -0.114. The number of amidine groups is 1. The molecule has 4 rings (SSSR count). The van der Waals surface area contributed by atoms with Gasteiger partial charge in [-0.05, 0) is 18.2 Å². The van der Waals surface area contributed by atoms with Gasteiger partial charge in [0.2, 0.25) is 11.9 Å². The number of aromatic nitrogens is 1. The Labute approximate surface area is 172 Å². The van der Waals surface area contributed by atoms with Crippen LogP contribution in [0.5, 0.6) is 11.5 Å². The molecule has 1 aromatic heterocycles. The summed E-state index contributed by atoms with van der Waals surface area (Å²) in [5.41, 5.74) is 1.68. The smallest absolute Gasteiger partial charge is 0.259 e. The van der Waals surface area contributed by atoms with Crippen LogP contribution in [0.3, 0.4) is 0 Å². The fraction of sp³-hybridized carbons (Fsp3) is 0.250. The number of aliphatic imine (C=N–C) groups is 2. The SMILES string of the molecule is COc1cc(OC)c2c(c1)C1=NCCN1C(NC(=O)c1ccc(NC(C)=O)nc1)=N2. The summed E-state index contributed by atoms with van der Waals surface area (Å²) in [6.45, 7) is 2.56. The van der Waals surface area contributed by atoms with E-state index in [0.717, 1.165) is 5.56 Å². The zero-order valence-electron chi connectivity index (χ0n) is 16.7. The van der Waals surface area contributed by atoms with E-state index in [1.807, 2.05) is 11.0 Å². The summed E-state index contributed by atoms with van der Waals surface area (Å²) >= 11 is 0. The van der Waals surface area contributed by atoms with Crippen molar-refractivity contribution >= 4 is 35.1 Å². The van der Waals surface area contributed by atoms with Crippen molar-refractivity contribution < 1.29 is 19.1 Å². The summed E-state index contributed by atoms with van der Waals surface area (Å²) in [5, 5.41) is 5.39. The predicted molar refractivity (Wildman–Crippen MR) is 111 cm³/mol. The van der Waals surface area contributed by atoms with Gasteiger partial charge in [-0.15, -0.1) is 0 Å². The molecule has 2 N–H and O–H groups in total. The van der Waals surface area contributed by atoms with Crippen molar-refractivity contribution in [2.75, 3.05) is 32.6 Å². The maximum absolute atomic E-state index is 12.8. The molecule has 30 heavy (non-hydrogen) atoms. The molecule has 1 aromatic carbocycles. The number of hydrogen-bond donors (Lipinski definition) is 2. The second kappa shape index (κ2) is 7.82. The number of nitrogens with zero attached hydrogens (tertiary/aromatic N) is 4. The quantitative estimate of drug-likeness (QED) is 0.793. The van der Waals surface area contributed by atoms with Crippen LogP contribution >= 0.6 is 0 Å². The number of carbonyl (C=O) groups is 2. The van der Waals surface area contributed by atoms with E-state index in [4.69, 9.17) is 9.47 Å². The van der Waals surface area contributed by atoms with Gasteiger partial charge in [0.15, 0.2) is 0 Å². The van der Waals surface area contributed by atoms with Crippen LogP contribution in [0.2, 0.25) is 0 Å². The molecule has 10 nitrogen and oxygen atoms in total.